The molecule has 0 aromatic heterocycles. The first-order valence-electron chi connectivity index (χ1n) is 15.4. The van der Waals surface area contributed by atoms with Gasteiger partial charge in [-0.15, -0.1) is 12.4 Å². The van der Waals surface area contributed by atoms with Gasteiger partial charge in [-0.25, -0.2) is 0 Å². The van der Waals surface area contributed by atoms with Gasteiger partial charge < -0.3 is 14.8 Å². The number of hydrogen-bond acceptors (Lipinski definition) is 4. The Hall–Kier alpha value is -3.56. The summed E-state index contributed by atoms with van der Waals surface area (Å²) in [6.45, 7) is 2.91. The first-order valence-corrected chi connectivity index (χ1v) is 15.8. The van der Waals surface area contributed by atoms with E-state index in [1.165, 1.54) is 6.07 Å². The molecule has 4 rings (SSSR count). The highest BCUT2D eigenvalue weighted by Crippen LogP contribution is 2.37. The normalized spacial score (nSPS) is 11.4. The Kier molecular flexibility index (Phi) is 15.6. The average Bonchev–Trinajstić information content (AvgIpc) is 3.05. The van der Waals surface area contributed by atoms with E-state index in [4.69, 9.17) is 21.1 Å². The van der Waals surface area contributed by atoms with E-state index in [0.29, 0.717) is 50.6 Å². The van der Waals surface area contributed by atoms with Gasteiger partial charge in [-0.1, -0.05) is 96.5 Å². The van der Waals surface area contributed by atoms with Crippen molar-refractivity contribution in [2.75, 3.05) is 40.0 Å². The van der Waals surface area contributed by atoms with Gasteiger partial charge in [0, 0.05) is 45.8 Å². The molecule has 0 heterocycles. The molecular formula is C37H41Cl2F3N2O3. The summed E-state index contributed by atoms with van der Waals surface area (Å²) in [5.41, 5.74) is 2.66. The summed E-state index contributed by atoms with van der Waals surface area (Å²) in [5, 5.41) is 2.62. The number of hydrogen-bond donors (Lipinski definition) is 1. The van der Waals surface area contributed by atoms with Crippen LogP contribution in [0.4, 0.5) is 13.2 Å². The fraction of sp³-hybridized carbons (Fsp3) is 0.324. The van der Waals surface area contributed by atoms with Gasteiger partial charge in [-0.3, -0.25) is 9.69 Å². The molecule has 0 fully saturated rings. The molecule has 1 amide bonds. The maximum Gasteiger partial charge on any atom is 0.417 e. The Bertz CT molecular complexity index is 1470. The van der Waals surface area contributed by atoms with Gasteiger partial charge in [0.2, 0.25) is 5.91 Å². The van der Waals surface area contributed by atoms with Gasteiger partial charge in [-0.2, -0.15) is 13.2 Å². The number of methoxy groups -OCH3 is 1. The molecule has 0 saturated carbocycles. The van der Waals surface area contributed by atoms with Crippen molar-refractivity contribution >= 4 is 29.9 Å². The minimum absolute atomic E-state index is 0. The number of nitrogens with one attached hydrogen (secondary N) is 1. The standard InChI is InChI=1S/C37H40ClF3N2O3.ClH/c1-45-22-10-20-42-35(44)25-28-12-8-18-32(24-28)46-23-11-21-43(26-31-17-9-19-34(36(31)38)37(39,40)41)27-33(29-13-4-2-5-14-29)30-15-6-3-7-16-30;/h2-9,12-19,24,33H,10-11,20-23,25-27H2,1H3,(H,42,44);1H. The summed E-state index contributed by atoms with van der Waals surface area (Å²) in [4.78, 5) is 14.4. The van der Waals surface area contributed by atoms with Crippen molar-refractivity contribution in [1.82, 2.24) is 10.2 Å². The molecule has 0 radical (unpaired) electrons. The molecule has 0 saturated heterocycles. The second-order valence-corrected chi connectivity index (χ2v) is 11.5. The van der Waals surface area contributed by atoms with Crippen LogP contribution in [0.25, 0.3) is 0 Å². The Morgan fingerprint density at radius 1 is 0.872 bits per heavy atom. The molecule has 4 aromatic rings. The van der Waals surface area contributed by atoms with E-state index in [0.717, 1.165) is 29.2 Å². The van der Waals surface area contributed by atoms with Crippen LogP contribution >= 0.6 is 24.0 Å². The van der Waals surface area contributed by atoms with Gasteiger partial charge in [0.15, 0.2) is 0 Å². The molecule has 10 heteroatoms. The number of alkyl halides is 3. The molecule has 0 atom stereocenters. The fourth-order valence-corrected chi connectivity index (χ4v) is 5.64. The quantitative estimate of drug-likeness (QED) is 0.113. The lowest BCUT2D eigenvalue weighted by molar-refractivity contribution is -0.137. The SMILES string of the molecule is COCCCNC(=O)Cc1cccc(OCCCN(Cc2cccc(C(F)(F)F)c2Cl)CC(c2ccccc2)c2ccccc2)c1.Cl. The number of nitrogens with zero attached hydrogens (tertiary/aromatic N) is 1. The lowest BCUT2D eigenvalue weighted by atomic mass is 9.90. The zero-order chi connectivity index (χ0) is 32.8. The van der Waals surface area contributed by atoms with Crippen molar-refractivity contribution < 1.29 is 27.4 Å². The summed E-state index contributed by atoms with van der Waals surface area (Å²) >= 11 is 6.34. The first-order chi connectivity index (χ1) is 22.2. The molecule has 0 unspecified atom stereocenters. The predicted molar refractivity (Wildman–Crippen MR) is 183 cm³/mol. The molecule has 0 aliphatic carbocycles. The van der Waals surface area contributed by atoms with Crippen molar-refractivity contribution in [2.45, 2.75) is 37.9 Å². The highest BCUT2D eigenvalue weighted by Gasteiger charge is 2.34. The summed E-state index contributed by atoms with van der Waals surface area (Å²) in [7, 11) is 1.63. The van der Waals surface area contributed by atoms with Crippen LogP contribution in [0.1, 0.15) is 46.6 Å². The number of ether oxygens (including phenoxy) is 2. The van der Waals surface area contributed by atoms with Crippen molar-refractivity contribution in [1.29, 1.82) is 0 Å². The number of benzene rings is 4. The topological polar surface area (TPSA) is 50.8 Å². The monoisotopic (exact) mass is 688 g/mol. The zero-order valence-electron chi connectivity index (χ0n) is 26.3. The van der Waals surface area contributed by atoms with Crippen molar-refractivity contribution in [3.05, 3.63) is 136 Å². The third-order valence-corrected chi connectivity index (χ3v) is 8.07. The Labute approximate surface area is 286 Å². The van der Waals surface area contributed by atoms with Crippen LogP contribution in [0.15, 0.2) is 103 Å². The average molecular weight is 690 g/mol. The minimum atomic E-state index is -4.54. The summed E-state index contributed by atoms with van der Waals surface area (Å²) in [5.74, 6) is 0.581. The van der Waals surface area contributed by atoms with E-state index in [2.05, 4.69) is 34.5 Å². The Morgan fingerprint density at radius 3 is 2.17 bits per heavy atom. The van der Waals surface area contributed by atoms with E-state index in [-0.39, 0.29) is 42.2 Å². The van der Waals surface area contributed by atoms with Gasteiger partial charge in [0.25, 0.3) is 0 Å². The smallest absolute Gasteiger partial charge is 0.417 e. The van der Waals surface area contributed by atoms with Gasteiger partial charge in [0.05, 0.1) is 23.6 Å². The van der Waals surface area contributed by atoms with Crippen LogP contribution in [0.3, 0.4) is 0 Å². The molecule has 1 N–H and O–H groups in total. The predicted octanol–water partition coefficient (Wildman–Crippen LogP) is 8.58. The molecule has 0 bridgehead atoms. The minimum Gasteiger partial charge on any atom is -0.494 e. The molecule has 0 aliphatic heterocycles. The van der Waals surface area contributed by atoms with Crippen LogP contribution in [0.5, 0.6) is 5.75 Å². The maximum atomic E-state index is 13.7. The maximum absolute atomic E-state index is 13.7. The van der Waals surface area contributed by atoms with Gasteiger partial charge in [-0.05, 0) is 53.3 Å². The van der Waals surface area contributed by atoms with Crippen LogP contribution in [-0.2, 0) is 28.7 Å². The molecule has 4 aromatic carbocycles. The second kappa shape index (κ2) is 19.3. The lowest BCUT2D eigenvalue weighted by Crippen LogP contribution is -2.31. The van der Waals surface area contributed by atoms with E-state index in [1.807, 2.05) is 60.7 Å². The number of amides is 1. The van der Waals surface area contributed by atoms with Crippen LogP contribution in [0.2, 0.25) is 5.02 Å². The van der Waals surface area contributed by atoms with Gasteiger partial charge in [0.1, 0.15) is 5.75 Å². The third kappa shape index (κ3) is 12.2. The van der Waals surface area contributed by atoms with Crippen LogP contribution < -0.4 is 10.1 Å². The van der Waals surface area contributed by atoms with Crippen molar-refractivity contribution in [3.8, 4) is 5.75 Å². The van der Waals surface area contributed by atoms with E-state index < -0.39 is 11.7 Å². The molecule has 5 nitrogen and oxygen atoms in total. The second-order valence-electron chi connectivity index (χ2n) is 11.1. The Morgan fingerprint density at radius 2 is 1.53 bits per heavy atom. The Balaban J connectivity index is 0.00000600. The van der Waals surface area contributed by atoms with E-state index >= 15 is 0 Å². The van der Waals surface area contributed by atoms with Crippen molar-refractivity contribution in [2.24, 2.45) is 0 Å². The van der Waals surface area contributed by atoms with Crippen molar-refractivity contribution in [3.63, 3.8) is 0 Å². The molecule has 47 heavy (non-hydrogen) atoms. The summed E-state index contributed by atoms with van der Waals surface area (Å²) in [6, 6.07) is 31.7. The van der Waals surface area contributed by atoms with Crippen LogP contribution in [-0.4, -0.2) is 50.8 Å². The molecule has 0 aliphatic rings. The number of halogens is 5. The summed E-state index contributed by atoms with van der Waals surface area (Å²) < 4.78 is 52.1. The number of carbonyl (C=O) groups excluding carboxylic acids is 1. The lowest BCUT2D eigenvalue weighted by Gasteiger charge is -2.29. The largest absolute Gasteiger partial charge is 0.494 e. The highest BCUT2D eigenvalue weighted by molar-refractivity contribution is 6.32. The highest BCUT2D eigenvalue weighted by atomic mass is 35.5. The number of carbonyl (C=O) groups is 1. The van der Waals surface area contributed by atoms with E-state index in [1.54, 1.807) is 13.2 Å². The van der Waals surface area contributed by atoms with E-state index in [9.17, 15) is 18.0 Å². The first kappa shape index (κ1) is 37.9. The molecule has 0 spiro atoms. The number of rotatable bonds is 17. The van der Waals surface area contributed by atoms with Gasteiger partial charge >= 0.3 is 6.18 Å². The summed E-state index contributed by atoms with van der Waals surface area (Å²) in [6.07, 6.45) is -2.92. The zero-order valence-corrected chi connectivity index (χ0v) is 27.9. The fourth-order valence-electron chi connectivity index (χ4n) is 5.34. The molecular weight excluding hydrogens is 648 g/mol. The molecule has 252 valence electrons. The third-order valence-electron chi connectivity index (χ3n) is 7.62. The van der Waals surface area contributed by atoms with Crippen LogP contribution in [0, 0.1) is 0 Å².